The SMILES string of the molecule is CCCCCCCC(F)CCC(=O)c1ccccc1. The lowest BCUT2D eigenvalue weighted by Crippen LogP contribution is -2.06. The van der Waals surface area contributed by atoms with Gasteiger partial charge in [-0.15, -0.1) is 0 Å². The molecule has 19 heavy (non-hydrogen) atoms. The number of alkyl halides is 1. The maximum atomic E-state index is 13.6. The van der Waals surface area contributed by atoms with Crippen LogP contribution in [0.25, 0.3) is 0 Å². The molecule has 1 unspecified atom stereocenters. The van der Waals surface area contributed by atoms with Gasteiger partial charge in [0.15, 0.2) is 5.78 Å². The molecule has 106 valence electrons. The number of benzene rings is 1. The smallest absolute Gasteiger partial charge is 0.162 e. The number of Topliss-reactive ketones (excluding diaryl/α,β-unsaturated/α-hetero) is 1. The summed E-state index contributed by atoms with van der Waals surface area (Å²) >= 11 is 0. The van der Waals surface area contributed by atoms with E-state index < -0.39 is 6.17 Å². The standard InChI is InChI=1S/C17H25FO/c1-2-3-4-5-9-12-16(18)13-14-17(19)15-10-7-6-8-11-15/h6-8,10-11,16H,2-5,9,12-14H2,1H3. The monoisotopic (exact) mass is 264 g/mol. The van der Waals surface area contributed by atoms with Crippen LogP contribution in [0.1, 0.15) is 68.6 Å². The van der Waals surface area contributed by atoms with Crippen molar-refractivity contribution in [3.05, 3.63) is 35.9 Å². The van der Waals surface area contributed by atoms with Crippen LogP contribution in [0.4, 0.5) is 4.39 Å². The van der Waals surface area contributed by atoms with Gasteiger partial charge in [-0.3, -0.25) is 4.79 Å². The predicted molar refractivity (Wildman–Crippen MR) is 78.3 cm³/mol. The summed E-state index contributed by atoms with van der Waals surface area (Å²) in [7, 11) is 0. The third kappa shape index (κ3) is 7.09. The summed E-state index contributed by atoms with van der Waals surface area (Å²) in [4.78, 5) is 11.8. The number of carbonyl (C=O) groups is 1. The molecular weight excluding hydrogens is 239 g/mol. The molecule has 0 aliphatic carbocycles. The van der Waals surface area contributed by atoms with Crippen LogP contribution < -0.4 is 0 Å². The largest absolute Gasteiger partial charge is 0.294 e. The minimum Gasteiger partial charge on any atom is -0.294 e. The minimum absolute atomic E-state index is 0.0502. The number of unbranched alkanes of at least 4 members (excludes halogenated alkanes) is 4. The van der Waals surface area contributed by atoms with Gasteiger partial charge in [-0.25, -0.2) is 4.39 Å². The molecule has 0 saturated heterocycles. The van der Waals surface area contributed by atoms with Gasteiger partial charge in [0.25, 0.3) is 0 Å². The Labute approximate surface area is 116 Å². The van der Waals surface area contributed by atoms with E-state index in [0.29, 0.717) is 24.8 Å². The van der Waals surface area contributed by atoms with Crippen molar-refractivity contribution in [3.8, 4) is 0 Å². The van der Waals surface area contributed by atoms with Crippen LogP contribution in [0.3, 0.4) is 0 Å². The number of hydrogen-bond donors (Lipinski definition) is 0. The fourth-order valence-electron chi connectivity index (χ4n) is 2.17. The van der Waals surface area contributed by atoms with Crippen LogP contribution in [0.2, 0.25) is 0 Å². The van der Waals surface area contributed by atoms with Gasteiger partial charge >= 0.3 is 0 Å². The molecule has 0 radical (unpaired) electrons. The molecule has 0 aliphatic heterocycles. The zero-order valence-electron chi connectivity index (χ0n) is 11.9. The third-order valence-corrected chi connectivity index (χ3v) is 3.40. The fourth-order valence-corrected chi connectivity index (χ4v) is 2.17. The van der Waals surface area contributed by atoms with Crippen molar-refractivity contribution in [1.29, 1.82) is 0 Å². The molecule has 0 aliphatic rings. The summed E-state index contributed by atoms with van der Waals surface area (Å²) in [5, 5.41) is 0. The number of carbonyl (C=O) groups excluding carboxylic acids is 1. The van der Waals surface area contributed by atoms with Crippen LogP contribution in [-0.2, 0) is 0 Å². The lowest BCUT2D eigenvalue weighted by Gasteiger charge is -2.07. The maximum absolute atomic E-state index is 13.6. The molecule has 0 saturated carbocycles. The molecule has 0 fully saturated rings. The van der Waals surface area contributed by atoms with E-state index in [4.69, 9.17) is 0 Å². The summed E-state index contributed by atoms with van der Waals surface area (Å²) in [6, 6.07) is 9.15. The van der Waals surface area contributed by atoms with Gasteiger partial charge < -0.3 is 0 Å². The first-order chi connectivity index (χ1) is 9.24. The molecule has 0 aromatic heterocycles. The first-order valence-electron chi connectivity index (χ1n) is 7.46. The van der Waals surface area contributed by atoms with Crippen molar-refractivity contribution in [2.24, 2.45) is 0 Å². The number of ketones is 1. The van der Waals surface area contributed by atoms with Crippen molar-refractivity contribution in [2.75, 3.05) is 0 Å². The predicted octanol–water partition coefficient (Wildman–Crippen LogP) is 5.35. The zero-order chi connectivity index (χ0) is 13.9. The van der Waals surface area contributed by atoms with Crippen LogP contribution in [0, 0.1) is 0 Å². The van der Waals surface area contributed by atoms with Crippen molar-refractivity contribution in [3.63, 3.8) is 0 Å². The van der Waals surface area contributed by atoms with Gasteiger partial charge in [0, 0.05) is 12.0 Å². The number of rotatable bonds is 10. The molecule has 1 atom stereocenters. The van der Waals surface area contributed by atoms with Gasteiger partial charge in [-0.2, -0.15) is 0 Å². The molecule has 1 aromatic rings. The second kappa shape index (κ2) is 9.71. The second-order valence-corrected chi connectivity index (χ2v) is 5.13. The first kappa shape index (κ1) is 15.9. The zero-order valence-corrected chi connectivity index (χ0v) is 11.9. The molecule has 0 heterocycles. The topological polar surface area (TPSA) is 17.1 Å². The van der Waals surface area contributed by atoms with Crippen LogP contribution >= 0.6 is 0 Å². The summed E-state index contributed by atoms with van der Waals surface area (Å²) in [5.74, 6) is 0.0502. The van der Waals surface area contributed by atoms with E-state index in [2.05, 4.69) is 6.92 Å². The van der Waals surface area contributed by atoms with E-state index in [0.717, 1.165) is 12.8 Å². The van der Waals surface area contributed by atoms with Crippen molar-refractivity contribution >= 4 is 5.78 Å². The molecule has 1 rings (SSSR count). The Balaban J connectivity index is 2.13. The molecule has 0 N–H and O–H groups in total. The highest BCUT2D eigenvalue weighted by Gasteiger charge is 2.11. The first-order valence-corrected chi connectivity index (χ1v) is 7.46. The van der Waals surface area contributed by atoms with Crippen LogP contribution in [0.15, 0.2) is 30.3 Å². The Kier molecular flexibility index (Phi) is 8.11. The Hall–Kier alpha value is -1.18. The van der Waals surface area contributed by atoms with E-state index in [-0.39, 0.29) is 5.78 Å². The maximum Gasteiger partial charge on any atom is 0.162 e. The second-order valence-electron chi connectivity index (χ2n) is 5.13. The molecular formula is C17H25FO. The van der Waals surface area contributed by atoms with E-state index in [1.807, 2.05) is 18.2 Å². The van der Waals surface area contributed by atoms with Gasteiger partial charge in [0.2, 0.25) is 0 Å². The Morgan fingerprint density at radius 1 is 1.05 bits per heavy atom. The molecule has 2 heteroatoms. The van der Waals surface area contributed by atoms with Gasteiger partial charge in [0.1, 0.15) is 6.17 Å². The van der Waals surface area contributed by atoms with E-state index in [1.165, 1.54) is 19.3 Å². The van der Waals surface area contributed by atoms with E-state index in [1.54, 1.807) is 12.1 Å². The van der Waals surface area contributed by atoms with Crippen LogP contribution in [-0.4, -0.2) is 12.0 Å². The highest BCUT2D eigenvalue weighted by atomic mass is 19.1. The minimum atomic E-state index is -0.825. The molecule has 1 aromatic carbocycles. The molecule has 0 bridgehead atoms. The fraction of sp³-hybridized carbons (Fsp3) is 0.588. The highest BCUT2D eigenvalue weighted by Crippen LogP contribution is 2.15. The number of hydrogen-bond acceptors (Lipinski definition) is 1. The quantitative estimate of drug-likeness (QED) is 0.411. The van der Waals surface area contributed by atoms with Gasteiger partial charge in [-0.1, -0.05) is 69.4 Å². The van der Waals surface area contributed by atoms with E-state index in [9.17, 15) is 9.18 Å². The molecule has 0 amide bonds. The normalized spacial score (nSPS) is 12.3. The lowest BCUT2D eigenvalue weighted by atomic mass is 10.0. The summed E-state index contributed by atoms with van der Waals surface area (Å²) in [6.45, 7) is 2.17. The van der Waals surface area contributed by atoms with Crippen LogP contribution in [0.5, 0.6) is 0 Å². The Morgan fingerprint density at radius 3 is 2.42 bits per heavy atom. The highest BCUT2D eigenvalue weighted by molar-refractivity contribution is 5.95. The summed E-state index contributed by atoms with van der Waals surface area (Å²) < 4.78 is 13.6. The Bertz CT molecular complexity index is 348. The third-order valence-electron chi connectivity index (χ3n) is 3.40. The van der Waals surface area contributed by atoms with Crippen molar-refractivity contribution < 1.29 is 9.18 Å². The van der Waals surface area contributed by atoms with E-state index >= 15 is 0 Å². The average molecular weight is 264 g/mol. The van der Waals surface area contributed by atoms with Crippen molar-refractivity contribution in [2.45, 2.75) is 64.5 Å². The Morgan fingerprint density at radius 2 is 1.74 bits per heavy atom. The number of halogens is 1. The molecule has 0 spiro atoms. The molecule has 1 nitrogen and oxygen atoms in total. The summed E-state index contributed by atoms with van der Waals surface area (Å²) in [5.41, 5.74) is 0.692. The van der Waals surface area contributed by atoms with Crippen molar-refractivity contribution in [1.82, 2.24) is 0 Å². The van der Waals surface area contributed by atoms with Gasteiger partial charge in [-0.05, 0) is 12.8 Å². The lowest BCUT2D eigenvalue weighted by molar-refractivity contribution is 0.0966. The van der Waals surface area contributed by atoms with Gasteiger partial charge in [0.05, 0.1) is 0 Å². The average Bonchev–Trinajstić information content (AvgIpc) is 2.45. The summed E-state index contributed by atoms with van der Waals surface area (Å²) in [6.07, 6.45) is 6.17.